The lowest BCUT2D eigenvalue weighted by molar-refractivity contribution is 0.594. The van der Waals surface area contributed by atoms with Crippen LogP contribution in [0.15, 0.2) is 11.1 Å². The van der Waals surface area contributed by atoms with Gasteiger partial charge in [0.05, 0.1) is 0 Å². The number of sulfonamides is 1. The number of aryl methyl sites for hydroxylation is 1. The second kappa shape index (κ2) is 3.10. The molecular formula is C9H14N2O2S. The molecule has 0 bridgehead atoms. The molecule has 2 N–H and O–H groups in total. The van der Waals surface area contributed by atoms with Crippen molar-refractivity contribution in [3.05, 3.63) is 17.5 Å². The van der Waals surface area contributed by atoms with Crippen molar-refractivity contribution in [2.75, 3.05) is 0 Å². The van der Waals surface area contributed by atoms with Crippen molar-refractivity contribution in [3.63, 3.8) is 0 Å². The Morgan fingerprint density at radius 1 is 1.36 bits per heavy atom. The highest BCUT2D eigenvalue weighted by molar-refractivity contribution is 7.89. The number of hydrogen-bond donors (Lipinski definition) is 1. The number of nitrogens with two attached hydrogens (primary N) is 1. The summed E-state index contributed by atoms with van der Waals surface area (Å²) in [5, 5.41) is 5.15. The van der Waals surface area contributed by atoms with E-state index in [2.05, 4.69) is 0 Å². The van der Waals surface area contributed by atoms with Crippen molar-refractivity contribution < 1.29 is 8.42 Å². The molecule has 0 atom stereocenters. The third kappa shape index (κ3) is 1.46. The summed E-state index contributed by atoms with van der Waals surface area (Å²) in [7, 11) is -1.67. The molecular weight excluding hydrogens is 200 g/mol. The van der Waals surface area contributed by atoms with E-state index in [9.17, 15) is 8.42 Å². The second-order valence-electron chi connectivity index (χ2n) is 3.78. The molecule has 0 unspecified atom stereocenters. The van der Waals surface area contributed by atoms with E-state index in [1.165, 1.54) is 0 Å². The first-order valence-electron chi connectivity index (χ1n) is 4.70. The standard InChI is InChI=1S/C9H14N2O2S/c1-11-6-9(14(10,12)13)7-4-2-3-5-8(7)11/h6H,2-5H2,1H3,(H2,10,12,13). The van der Waals surface area contributed by atoms with Gasteiger partial charge in [0.15, 0.2) is 0 Å². The third-order valence-corrected chi connectivity index (χ3v) is 3.74. The number of fused-ring (bicyclic) bond motifs is 1. The van der Waals surface area contributed by atoms with Crippen molar-refractivity contribution in [2.45, 2.75) is 30.6 Å². The topological polar surface area (TPSA) is 65.1 Å². The Kier molecular flexibility index (Phi) is 2.16. The van der Waals surface area contributed by atoms with E-state index in [0.29, 0.717) is 4.90 Å². The van der Waals surface area contributed by atoms with Crippen LogP contribution in [0.25, 0.3) is 0 Å². The molecule has 78 valence electrons. The van der Waals surface area contributed by atoms with E-state index < -0.39 is 10.0 Å². The smallest absolute Gasteiger partial charge is 0.239 e. The minimum Gasteiger partial charge on any atom is -0.353 e. The Hall–Kier alpha value is -0.810. The maximum atomic E-state index is 11.3. The van der Waals surface area contributed by atoms with E-state index in [1.807, 2.05) is 11.6 Å². The van der Waals surface area contributed by atoms with Crippen molar-refractivity contribution in [3.8, 4) is 0 Å². The van der Waals surface area contributed by atoms with E-state index in [0.717, 1.165) is 36.9 Å². The number of hydrogen-bond acceptors (Lipinski definition) is 2. The molecule has 1 aromatic rings. The van der Waals surface area contributed by atoms with Gasteiger partial charge in [-0.3, -0.25) is 0 Å². The zero-order chi connectivity index (χ0) is 10.3. The summed E-state index contributed by atoms with van der Waals surface area (Å²) in [6.45, 7) is 0. The van der Waals surface area contributed by atoms with Crippen LogP contribution < -0.4 is 5.14 Å². The van der Waals surface area contributed by atoms with E-state index in [-0.39, 0.29) is 0 Å². The summed E-state index contributed by atoms with van der Waals surface area (Å²) in [6, 6.07) is 0. The van der Waals surface area contributed by atoms with Gasteiger partial charge >= 0.3 is 0 Å². The van der Waals surface area contributed by atoms with Crippen molar-refractivity contribution in [1.29, 1.82) is 0 Å². The molecule has 0 aliphatic heterocycles. The molecule has 14 heavy (non-hydrogen) atoms. The summed E-state index contributed by atoms with van der Waals surface area (Å²) in [4.78, 5) is 0.315. The maximum Gasteiger partial charge on any atom is 0.239 e. The van der Waals surface area contributed by atoms with Gasteiger partial charge in [-0.15, -0.1) is 0 Å². The average molecular weight is 214 g/mol. The van der Waals surface area contributed by atoms with Gasteiger partial charge in [-0.25, -0.2) is 13.6 Å². The number of nitrogens with zero attached hydrogens (tertiary/aromatic N) is 1. The predicted molar refractivity (Wildman–Crippen MR) is 53.4 cm³/mol. The zero-order valence-electron chi connectivity index (χ0n) is 8.16. The lowest BCUT2D eigenvalue weighted by atomic mass is 9.98. The molecule has 1 aliphatic rings. The molecule has 1 aromatic heterocycles. The third-order valence-electron chi connectivity index (χ3n) is 2.78. The van der Waals surface area contributed by atoms with Crippen LogP contribution in [0, 0.1) is 0 Å². The van der Waals surface area contributed by atoms with Crippen LogP contribution in [0.3, 0.4) is 0 Å². The molecule has 0 fully saturated rings. The molecule has 0 aromatic carbocycles. The molecule has 0 saturated heterocycles. The van der Waals surface area contributed by atoms with E-state index in [1.54, 1.807) is 6.20 Å². The van der Waals surface area contributed by atoms with Gasteiger partial charge in [0.1, 0.15) is 4.90 Å². The fraction of sp³-hybridized carbons (Fsp3) is 0.556. The van der Waals surface area contributed by atoms with Crippen LogP contribution in [-0.4, -0.2) is 13.0 Å². The van der Waals surface area contributed by atoms with Crippen LogP contribution in [-0.2, 0) is 29.9 Å². The fourth-order valence-electron chi connectivity index (χ4n) is 2.12. The summed E-state index contributed by atoms with van der Waals surface area (Å²) in [5.41, 5.74) is 2.06. The number of rotatable bonds is 1. The molecule has 1 aliphatic carbocycles. The minimum atomic E-state index is -3.54. The van der Waals surface area contributed by atoms with Crippen LogP contribution in [0.4, 0.5) is 0 Å². The molecule has 0 radical (unpaired) electrons. The van der Waals surface area contributed by atoms with Crippen LogP contribution in [0.5, 0.6) is 0 Å². The Labute approximate surface area is 83.8 Å². The highest BCUT2D eigenvalue weighted by atomic mass is 32.2. The van der Waals surface area contributed by atoms with Gasteiger partial charge in [-0.2, -0.15) is 0 Å². The molecule has 0 spiro atoms. The number of primary sulfonamides is 1. The highest BCUT2D eigenvalue weighted by Gasteiger charge is 2.23. The summed E-state index contributed by atoms with van der Waals surface area (Å²) >= 11 is 0. The molecule has 0 saturated carbocycles. The first-order valence-corrected chi connectivity index (χ1v) is 6.24. The van der Waals surface area contributed by atoms with Crippen molar-refractivity contribution in [1.82, 2.24) is 4.57 Å². The molecule has 2 rings (SSSR count). The normalized spacial score (nSPS) is 16.7. The predicted octanol–water partition coefficient (Wildman–Crippen LogP) is 0.551. The van der Waals surface area contributed by atoms with Gasteiger partial charge in [-0.05, 0) is 31.2 Å². The Morgan fingerprint density at radius 2 is 2.00 bits per heavy atom. The first-order chi connectivity index (χ1) is 6.50. The highest BCUT2D eigenvalue weighted by Crippen LogP contribution is 2.27. The van der Waals surface area contributed by atoms with E-state index >= 15 is 0 Å². The molecule has 1 heterocycles. The average Bonchev–Trinajstić information content (AvgIpc) is 2.44. The minimum absolute atomic E-state index is 0.315. The van der Waals surface area contributed by atoms with E-state index in [4.69, 9.17) is 5.14 Å². The monoisotopic (exact) mass is 214 g/mol. The first kappa shape index (κ1) is 9.73. The van der Waals surface area contributed by atoms with Crippen LogP contribution in [0.2, 0.25) is 0 Å². The molecule has 4 nitrogen and oxygen atoms in total. The summed E-state index contributed by atoms with van der Waals surface area (Å²) < 4.78 is 24.4. The number of aromatic nitrogens is 1. The van der Waals surface area contributed by atoms with Gasteiger partial charge in [0.2, 0.25) is 10.0 Å². The molecule has 0 amide bonds. The lowest BCUT2D eigenvalue weighted by Gasteiger charge is -2.13. The van der Waals surface area contributed by atoms with Gasteiger partial charge in [-0.1, -0.05) is 0 Å². The second-order valence-corrected chi connectivity index (χ2v) is 5.31. The fourth-order valence-corrected chi connectivity index (χ4v) is 2.99. The largest absolute Gasteiger partial charge is 0.353 e. The quantitative estimate of drug-likeness (QED) is 0.742. The van der Waals surface area contributed by atoms with Gasteiger partial charge in [0, 0.05) is 18.9 Å². The summed E-state index contributed by atoms with van der Waals surface area (Å²) in [6.07, 6.45) is 5.61. The van der Waals surface area contributed by atoms with Crippen molar-refractivity contribution >= 4 is 10.0 Å². The maximum absolute atomic E-state index is 11.3. The van der Waals surface area contributed by atoms with Gasteiger partial charge < -0.3 is 4.57 Å². The molecule has 5 heteroatoms. The van der Waals surface area contributed by atoms with Crippen molar-refractivity contribution in [2.24, 2.45) is 12.2 Å². The Balaban J connectivity index is 2.64. The van der Waals surface area contributed by atoms with Crippen LogP contribution in [0.1, 0.15) is 24.1 Å². The lowest BCUT2D eigenvalue weighted by Crippen LogP contribution is -2.14. The SMILES string of the molecule is Cn1cc(S(N)(=O)=O)c2c1CCCC2. The zero-order valence-corrected chi connectivity index (χ0v) is 8.97. The Bertz CT molecular complexity index is 459. The Morgan fingerprint density at radius 3 is 2.64 bits per heavy atom. The van der Waals surface area contributed by atoms with Gasteiger partial charge in [0.25, 0.3) is 0 Å². The summed E-state index contributed by atoms with van der Waals surface area (Å²) in [5.74, 6) is 0. The van der Waals surface area contributed by atoms with Crippen LogP contribution >= 0.6 is 0 Å².